The highest BCUT2D eigenvalue weighted by Crippen LogP contribution is 2.33. The molecule has 0 aliphatic rings. The van der Waals surface area contributed by atoms with Gasteiger partial charge in [-0.05, 0) is 27.6 Å². The summed E-state index contributed by atoms with van der Waals surface area (Å²) in [4.78, 5) is 0. The summed E-state index contributed by atoms with van der Waals surface area (Å²) in [6.07, 6.45) is 0. The Morgan fingerprint density at radius 1 is 1.08 bits per heavy atom. The maximum Gasteiger partial charge on any atom is 0.169 e. The van der Waals surface area contributed by atoms with Crippen LogP contribution < -0.4 is 10.1 Å². The Balaban J connectivity index is 2.23. The van der Waals surface area contributed by atoms with E-state index < -0.39 is 5.82 Å². The van der Waals surface area contributed by atoms with Crippen molar-refractivity contribution in [3.63, 3.8) is 0 Å². The van der Waals surface area contributed by atoms with Gasteiger partial charge in [0.25, 0.3) is 0 Å². The van der Waals surface area contributed by atoms with Crippen LogP contribution >= 0.6 is 15.9 Å². The van der Waals surface area contributed by atoms with E-state index in [-0.39, 0.29) is 29.3 Å². The molecule has 5 nitrogen and oxygen atoms in total. The highest BCUT2D eigenvalue weighted by Gasteiger charge is 2.13. The Morgan fingerprint density at radius 3 is 2.32 bits per heavy atom. The van der Waals surface area contributed by atoms with Gasteiger partial charge in [-0.15, -0.1) is 0 Å². The second-order valence-corrected chi connectivity index (χ2v) is 5.61. The van der Waals surface area contributed by atoms with Crippen molar-refractivity contribution < 1.29 is 9.13 Å². The van der Waals surface area contributed by atoms with Gasteiger partial charge in [-0.25, -0.2) is 4.39 Å². The van der Waals surface area contributed by atoms with Gasteiger partial charge in [0.1, 0.15) is 30.5 Å². The highest BCUT2D eigenvalue weighted by atomic mass is 79.9. The molecule has 0 radical (unpaired) electrons. The minimum Gasteiger partial charge on any atom is -0.485 e. The Morgan fingerprint density at radius 2 is 1.76 bits per heavy atom. The molecular weight excluding hydrogens is 387 g/mol. The van der Waals surface area contributed by atoms with Gasteiger partial charge < -0.3 is 10.1 Å². The largest absolute Gasteiger partial charge is 0.485 e. The van der Waals surface area contributed by atoms with Crippen LogP contribution in [0.3, 0.4) is 0 Å². The number of halogens is 2. The van der Waals surface area contributed by atoms with Gasteiger partial charge in [-0.1, -0.05) is 30.3 Å². The first-order chi connectivity index (χ1) is 12.1. The standard InChI is InChI=1S/C18H10BrFN4O/c19-15-6-14(24-17(10-23)13(8-21)9-22)7-16(20)18(15)25-11-12-4-2-1-3-5-12/h1-7,24H,11H2. The van der Waals surface area contributed by atoms with Gasteiger partial charge >= 0.3 is 0 Å². The van der Waals surface area contributed by atoms with E-state index in [1.807, 2.05) is 30.3 Å². The molecule has 0 bridgehead atoms. The number of nitrogens with one attached hydrogen (secondary N) is 1. The third kappa shape index (κ3) is 4.57. The number of anilines is 1. The third-order valence-corrected chi connectivity index (χ3v) is 3.67. The van der Waals surface area contributed by atoms with E-state index >= 15 is 0 Å². The van der Waals surface area contributed by atoms with Crippen molar-refractivity contribution in [2.75, 3.05) is 5.32 Å². The van der Waals surface area contributed by atoms with E-state index in [2.05, 4.69) is 21.2 Å². The first-order valence-electron chi connectivity index (χ1n) is 6.96. The molecule has 0 unspecified atom stereocenters. The third-order valence-electron chi connectivity index (χ3n) is 3.08. The number of allylic oxidation sites excluding steroid dienone is 2. The number of hydrogen-bond donors (Lipinski definition) is 1. The number of ether oxygens (including phenoxy) is 1. The summed E-state index contributed by atoms with van der Waals surface area (Å²) in [5.74, 6) is -0.627. The molecule has 0 amide bonds. The molecule has 2 aromatic carbocycles. The van der Waals surface area contributed by atoms with Gasteiger partial charge in [0.15, 0.2) is 17.1 Å². The predicted molar refractivity (Wildman–Crippen MR) is 92.4 cm³/mol. The molecule has 2 rings (SSSR count). The Hall–Kier alpha value is -3.34. The number of nitrogens with zero attached hydrogens (tertiary/aromatic N) is 3. The topological polar surface area (TPSA) is 92.6 Å². The van der Waals surface area contributed by atoms with Crippen molar-refractivity contribution in [3.8, 4) is 24.0 Å². The first kappa shape index (κ1) is 18.0. The lowest BCUT2D eigenvalue weighted by Crippen LogP contribution is -2.03. The molecule has 7 heteroatoms. The fraction of sp³-hybridized carbons (Fsp3) is 0.0556. The fourth-order valence-electron chi connectivity index (χ4n) is 1.93. The van der Waals surface area contributed by atoms with Crippen molar-refractivity contribution in [2.24, 2.45) is 0 Å². The van der Waals surface area contributed by atoms with E-state index in [0.717, 1.165) is 11.6 Å². The van der Waals surface area contributed by atoms with Gasteiger partial charge in [0.2, 0.25) is 0 Å². The van der Waals surface area contributed by atoms with Crippen molar-refractivity contribution in [3.05, 3.63) is 69.6 Å². The zero-order chi connectivity index (χ0) is 18.2. The summed E-state index contributed by atoms with van der Waals surface area (Å²) in [6.45, 7) is 0.194. The lowest BCUT2D eigenvalue weighted by atomic mass is 10.2. The summed E-state index contributed by atoms with van der Waals surface area (Å²) >= 11 is 3.22. The summed E-state index contributed by atoms with van der Waals surface area (Å²) in [6, 6.07) is 16.8. The molecule has 0 heterocycles. The normalized spacial score (nSPS) is 9.24. The van der Waals surface area contributed by atoms with Crippen molar-refractivity contribution in [1.82, 2.24) is 0 Å². The minimum atomic E-state index is -0.652. The molecule has 25 heavy (non-hydrogen) atoms. The number of benzene rings is 2. The molecule has 0 saturated heterocycles. The van der Waals surface area contributed by atoms with E-state index in [0.29, 0.717) is 4.47 Å². The van der Waals surface area contributed by atoms with Crippen LogP contribution in [0.2, 0.25) is 0 Å². The van der Waals surface area contributed by atoms with Crippen molar-refractivity contribution in [1.29, 1.82) is 15.8 Å². The number of rotatable bonds is 5. The molecule has 1 N–H and O–H groups in total. The highest BCUT2D eigenvalue weighted by molar-refractivity contribution is 9.10. The molecule has 0 spiro atoms. The van der Waals surface area contributed by atoms with E-state index in [1.54, 1.807) is 18.2 Å². The molecule has 0 aliphatic carbocycles. The van der Waals surface area contributed by atoms with Crippen LogP contribution in [0, 0.1) is 39.8 Å². The van der Waals surface area contributed by atoms with Crippen LogP contribution in [0.5, 0.6) is 5.75 Å². The quantitative estimate of drug-likeness (QED) is 0.755. The molecule has 0 saturated carbocycles. The number of hydrogen-bond acceptors (Lipinski definition) is 5. The molecule has 122 valence electrons. The van der Waals surface area contributed by atoms with Crippen LogP contribution in [0.1, 0.15) is 5.56 Å². The first-order valence-corrected chi connectivity index (χ1v) is 7.75. The number of nitriles is 3. The smallest absolute Gasteiger partial charge is 0.169 e. The Bertz CT molecular complexity index is 897. The fourth-order valence-corrected chi connectivity index (χ4v) is 2.48. The monoisotopic (exact) mass is 396 g/mol. The Labute approximate surface area is 152 Å². The average molecular weight is 397 g/mol. The van der Waals surface area contributed by atoms with Crippen LogP contribution in [0.4, 0.5) is 10.1 Å². The predicted octanol–water partition coefficient (Wildman–Crippen LogP) is 4.40. The lowest BCUT2D eigenvalue weighted by molar-refractivity contribution is 0.288. The zero-order valence-electron chi connectivity index (χ0n) is 12.8. The molecule has 0 aromatic heterocycles. The second-order valence-electron chi connectivity index (χ2n) is 4.75. The lowest BCUT2D eigenvalue weighted by Gasteiger charge is -2.12. The van der Waals surface area contributed by atoms with Gasteiger partial charge in [0, 0.05) is 11.8 Å². The summed E-state index contributed by atoms with van der Waals surface area (Å²) in [5.41, 5.74) is 0.451. The van der Waals surface area contributed by atoms with E-state index in [4.69, 9.17) is 20.5 Å². The van der Waals surface area contributed by atoms with E-state index in [1.165, 1.54) is 6.07 Å². The Kier molecular flexibility index (Phi) is 6.12. The molecular formula is C18H10BrFN4O. The van der Waals surface area contributed by atoms with Crippen molar-refractivity contribution >= 4 is 21.6 Å². The average Bonchev–Trinajstić information content (AvgIpc) is 2.62. The van der Waals surface area contributed by atoms with Crippen molar-refractivity contribution in [2.45, 2.75) is 6.61 Å². The minimum absolute atomic E-state index is 0.0256. The van der Waals surface area contributed by atoms with Crippen LogP contribution in [-0.4, -0.2) is 0 Å². The maximum atomic E-state index is 14.3. The van der Waals surface area contributed by atoms with E-state index in [9.17, 15) is 4.39 Å². The van der Waals surface area contributed by atoms with Crippen LogP contribution in [-0.2, 0) is 6.61 Å². The van der Waals surface area contributed by atoms with Crippen LogP contribution in [0.25, 0.3) is 0 Å². The second kappa shape index (κ2) is 8.49. The molecule has 0 fully saturated rings. The summed E-state index contributed by atoms with van der Waals surface area (Å²) in [7, 11) is 0. The maximum absolute atomic E-state index is 14.3. The van der Waals surface area contributed by atoms with Gasteiger partial charge in [-0.3, -0.25) is 0 Å². The molecule has 0 atom stereocenters. The summed E-state index contributed by atoms with van der Waals surface area (Å²) in [5, 5.41) is 29.2. The SMILES string of the molecule is N#CC(C#N)=C(C#N)Nc1cc(F)c(OCc2ccccc2)c(Br)c1. The van der Waals surface area contributed by atoms with Crippen LogP contribution in [0.15, 0.2) is 58.2 Å². The zero-order valence-corrected chi connectivity index (χ0v) is 14.3. The van der Waals surface area contributed by atoms with Gasteiger partial charge in [-0.2, -0.15) is 15.8 Å². The molecule has 2 aromatic rings. The summed E-state index contributed by atoms with van der Waals surface area (Å²) < 4.78 is 20.1. The van der Waals surface area contributed by atoms with Gasteiger partial charge in [0.05, 0.1) is 4.47 Å². The molecule has 0 aliphatic heterocycles.